The topological polar surface area (TPSA) is 125 Å². The molecule has 11 heteroatoms. The van der Waals surface area contributed by atoms with Crippen molar-refractivity contribution < 1.29 is 14.3 Å². The number of aromatic nitrogens is 4. The average molecular weight is 427 g/mol. The number of nitrogens with two attached hydrogens (primary N) is 1. The Balaban J connectivity index is 1.80. The summed E-state index contributed by atoms with van der Waals surface area (Å²) >= 11 is 12.4. The second kappa shape index (κ2) is 8.85. The fourth-order valence-electron chi connectivity index (χ4n) is 3.21. The Morgan fingerprint density at radius 2 is 2.07 bits per heavy atom. The van der Waals surface area contributed by atoms with E-state index in [9.17, 15) is 9.59 Å². The highest BCUT2D eigenvalue weighted by molar-refractivity contribution is 6.30. The zero-order chi connectivity index (χ0) is 20.3. The number of amides is 1. The van der Waals surface area contributed by atoms with Crippen molar-refractivity contribution in [3.63, 3.8) is 0 Å². The van der Waals surface area contributed by atoms with E-state index < -0.39 is 23.8 Å². The Kier molecular flexibility index (Phi) is 6.48. The van der Waals surface area contributed by atoms with E-state index in [0.717, 1.165) is 0 Å². The summed E-state index contributed by atoms with van der Waals surface area (Å²) in [5.74, 6) is -1.01. The normalized spacial score (nSPS) is 24.6. The molecule has 1 amide bonds. The number of rotatable bonds is 5. The van der Waals surface area contributed by atoms with Crippen molar-refractivity contribution in [2.75, 3.05) is 7.11 Å². The number of hydrogen-bond donors (Lipinski definition) is 2. The molecule has 1 saturated carbocycles. The lowest BCUT2D eigenvalue weighted by atomic mass is 9.83. The van der Waals surface area contributed by atoms with Gasteiger partial charge in [0, 0.05) is 30.5 Å². The Labute approximate surface area is 171 Å². The van der Waals surface area contributed by atoms with Crippen molar-refractivity contribution in [1.82, 2.24) is 25.1 Å². The molecule has 150 valence electrons. The van der Waals surface area contributed by atoms with Gasteiger partial charge < -0.3 is 15.8 Å². The minimum absolute atomic E-state index is 0.0899. The quantitative estimate of drug-likeness (QED) is 0.539. The van der Waals surface area contributed by atoms with E-state index in [4.69, 9.17) is 33.7 Å². The van der Waals surface area contributed by atoms with Gasteiger partial charge in [-0.3, -0.25) is 14.2 Å². The van der Waals surface area contributed by atoms with Gasteiger partial charge >= 0.3 is 5.97 Å². The van der Waals surface area contributed by atoms with Gasteiger partial charge in [0.25, 0.3) is 5.91 Å². The maximum absolute atomic E-state index is 12.7. The molecule has 3 rings (SSSR count). The number of hydrogen-bond acceptors (Lipinski definition) is 7. The molecular formula is C17H20Cl2N6O3. The van der Waals surface area contributed by atoms with Gasteiger partial charge in [0.15, 0.2) is 11.5 Å². The fourth-order valence-corrected chi connectivity index (χ4v) is 3.80. The van der Waals surface area contributed by atoms with Crippen molar-refractivity contribution in [3.8, 4) is 5.82 Å². The molecule has 4 unspecified atom stereocenters. The number of alkyl halides is 2. The Morgan fingerprint density at radius 3 is 2.71 bits per heavy atom. The van der Waals surface area contributed by atoms with Crippen LogP contribution in [0.2, 0.25) is 0 Å². The predicted octanol–water partition coefficient (Wildman–Crippen LogP) is 1.02. The van der Waals surface area contributed by atoms with Crippen LogP contribution in [0.5, 0.6) is 0 Å². The van der Waals surface area contributed by atoms with Crippen LogP contribution in [0.3, 0.4) is 0 Å². The summed E-state index contributed by atoms with van der Waals surface area (Å²) in [4.78, 5) is 28.8. The lowest BCUT2D eigenvalue weighted by Crippen LogP contribution is -2.50. The van der Waals surface area contributed by atoms with Crippen LogP contribution in [0, 0.1) is 5.92 Å². The lowest BCUT2D eigenvalue weighted by molar-refractivity contribution is -0.147. The maximum Gasteiger partial charge on any atom is 0.310 e. The largest absolute Gasteiger partial charge is 0.469 e. The minimum Gasteiger partial charge on any atom is -0.469 e. The molecular weight excluding hydrogens is 407 g/mol. The van der Waals surface area contributed by atoms with Gasteiger partial charge in [-0.2, -0.15) is 0 Å². The molecule has 1 fully saturated rings. The van der Waals surface area contributed by atoms with Crippen molar-refractivity contribution in [2.24, 2.45) is 11.7 Å². The molecule has 2 heterocycles. The Bertz CT molecular complexity index is 847. The van der Waals surface area contributed by atoms with Crippen LogP contribution >= 0.6 is 23.2 Å². The SMILES string of the molecule is COC(=O)C1CC(Cl)C(Cl)CC1NC(=O)c1cc(CN)c(-n2ccnc2)nn1. The third kappa shape index (κ3) is 4.26. The van der Waals surface area contributed by atoms with Gasteiger partial charge in [0.05, 0.1) is 23.8 Å². The van der Waals surface area contributed by atoms with Crippen molar-refractivity contribution in [2.45, 2.75) is 36.2 Å². The van der Waals surface area contributed by atoms with E-state index >= 15 is 0 Å². The number of nitrogens with one attached hydrogen (secondary N) is 1. The van der Waals surface area contributed by atoms with E-state index in [1.165, 1.54) is 7.11 Å². The van der Waals surface area contributed by atoms with E-state index in [-0.39, 0.29) is 23.0 Å². The monoisotopic (exact) mass is 426 g/mol. The highest BCUT2D eigenvalue weighted by Gasteiger charge is 2.40. The smallest absolute Gasteiger partial charge is 0.310 e. The van der Waals surface area contributed by atoms with Crippen LogP contribution in [0.4, 0.5) is 0 Å². The molecule has 0 saturated heterocycles. The molecule has 1 aliphatic carbocycles. The van der Waals surface area contributed by atoms with Crippen LogP contribution in [-0.4, -0.2) is 55.5 Å². The first-order valence-corrected chi connectivity index (χ1v) is 9.53. The molecule has 4 atom stereocenters. The first-order valence-electron chi connectivity index (χ1n) is 8.66. The van der Waals surface area contributed by atoms with Crippen LogP contribution < -0.4 is 11.1 Å². The standard InChI is InChI=1S/C17H20Cl2N6O3/c1-28-17(27)10-5-11(18)12(19)6-13(10)22-16(26)14-4-9(7-20)15(24-23-14)25-3-2-21-8-25/h2-4,8,10-13H,5-7,20H2,1H3,(H,22,26). The molecule has 0 bridgehead atoms. The fraction of sp³-hybridized carbons (Fsp3) is 0.471. The van der Waals surface area contributed by atoms with Gasteiger partial charge in [-0.15, -0.1) is 33.4 Å². The molecule has 0 aromatic carbocycles. The van der Waals surface area contributed by atoms with Crippen molar-refractivity contribution >= 4 is 35.1 Å². The van der Waals surface area contributed by atoms with Crippen molar-refractivity contribution in [3.05, 3.63) is 36.0 Å². The molecule has 0 spiro atoms. The summed E-state index contributed by atoms with van der Waals surface area (Å²) in [7, 11) is 1.30. The number of carbonyl (C=O) groups excluding carboxylic acids is 2. The highest BCUT2D eigenvalue weighted by Crippen LogP contribution is 2.33. The number of imidazole rings is 1. The Hall–Kier alpha value is -2.23. The molecule has 1 aliphatic rings. The predicted molar refractivity (Wildman–Crippen MR) is 102 cm³/mol. The molecule has 0 radical (unpaired) electrons. The van der Waals surface area contributed by atoms with Crippen LogP contribution in [-0.2, 0) is 16.1 Å². The highest BCUT2D eigenvalue weighted by atomic mass is 35.5. The summed E-state index contributed by atoms with van der Waals surface area (Å²) in [5.41, 5.74) is 6.51. The van der Waals surface area contributed by atoms with Crippen LogP contribution in [0.25, 0.3) is 5.82 Å². The number of halogens is 2. The second-order valence-electron chi connectivity index (χ2n) is 6.47. The van der Waals surface area contributed by atoms with Gasteiger partial charge in [-0.25, -0.2) is 4.98 Å². The lowest BCUT2D eigenvalue weighted by Gasteiger charge is -2.35. The minimum atomic E-state index is -0.585. The van der Waals surface area contributed by atoms with Crippen LogP contribution in [0.15, 0.2) is 24.8 Å². The molecule has 2 aromatic heterocycles. The zero-order valence-electron chi connectivity index (χ0n) is 15.1. The van der Waals surface area contributed by atoms with Gasteiger partial charge in [-0.1, -0.05) is 0 Å². The number of esters is 1. The summed E-state index contributed by atoms with van der Waals surface area (Å²) in [6.07, 6.45) is 5.52. The number of methoxy groups -OCH3 is 1. The summed E-state index contributed by atoms with van der Waals surface area (Å²) in [5, 5.41) is 10.1. The van der Waals surface area contributed by atoms with E-state index in [0.29, 0.717) is 24.2 Å². The number of ether oxygens (including phenoxy) is 1. The third-order valence-corrected chi connectivity index (χ3v) is 5.80. The van der Waals surface area contributed by atoms with Crippen molar-refractivity contribution in [1.29, 1.82) is 0 Å². The zero-order valence-corrected chi connectivity index (χ0v) is 16.6. The first kappa shape index (κ1) is 20.5. The molecule has 9 nitrogen and oxygen atoms in total. The molecule has 0 aliphatic heterocycles. The first-order chi connectivity index (χ1) is 13.4. The molecule has 2 aromatic rings. The molecule has 28 heavy (non-hydrogen) atoms. The van der Waals surface area contributed by atoms with Crippen LogP contribution in [0.1, 0.15) is 28.9 Å². The average Bonchev–Trinajstić information content (AvgIpc) is 3.24. The summed E-state index contributed by atoms with van der Waals surface area (Å²) in [6, 6.07) is 1.05. The maximum atomic E-state index is 12.7. The number of carbonyl (C=O) groups is 2. The van der Waals surface area contributed by atoms with Gasteiger partial charge in [0.2, 0.25) is 0 Å². The summed E-state index contributed by atoms with van der Waals surface area (Å²) in [6.45, 7) is 0.162. The summed E-state index contributed by atoms with van der Waals surface area (Å²) < 4.78 is 6.50. The van der Waals surface area contributed by atoms with Gasteiger partial charge in [0.1, 0.15) is 6.33 Å². The van der Waals surface area contributed by atoms with E-state index in [1.807, 2.05) is 0 Å². The van der Waals surface area contributed by atoms with E-state index in [2.05, 4.69) is 20.5 Å². The Morgan fingerprint density at radius 1 is 1.32 bits per heavy atom. The molecule has 3 N–H and O–H groups in total. The second-order valence-corrected chi connectivity index (χ2v) is 7.59. The van der Waals surface area contributed by atoms with E-state index in [1.54, 1.807) is 29.4 Å². The van der Waals surface area contributed by atoms with Gasteiger partial charge in [-0.05, 0) is 18.9 Å². The third-order valence-electron chi connectivity index (χ3n) is 4.71. The number of nitrogens with zero attached hydrogens (tertiary/aromatic N) is 4.